The highest BCUT2D eigenvalue weighted by Crippen LogP contribution is 2.30. The SMILES string of the molecule is CC[C@@H](C)NC(=O)CCCN(c1cc(Cl)ccc1Cl)S(C)(=O)=O. The molecule has 0 saturated heterocycles. The number of hydrogen-bond acceptors (Lipinski definition) is 3. The van der Waals surface area contributed by atoms with Crippen LogP contribution < -0.4 is 9.62 Å². The fourth-order valence-corrected chi connectivity index (χ4v) is 3.38. The molecule has 5 nitrogen and oxygen atoms in total. The number of amides is 1. The highest BCUT2D eigenvalue weighted by atomic mass is 35.5. The summed E-state index contributed by atoms with van der Waals surface area (Å²) in [6, 6.07) is 4.75. The van der Waals surface area contributed by atoms with E-state index in [2.05, 4.69) is 5.32 Å². The van der Waals surface area contributed by atoms with Crippen molar-refractivity contribution in [3.05, 3.63) is 28.2 Å². The lowest BCUT2D eigenvalue weighted by molar-refractivity contribution is -0.121. The Kier molecular flexibility index (Phi) is 7.64. The van der Waals surface area contributed by atoms with E-state index in [1.807, 2.05) is 13.8 Å². The maximum Gasteiger partial charge on any atom is 0.232 e. The molecule has 1 atom stereocenters. The van der Waals surface area contributed by atoms with Crippen LogP contribution in [-0.2, 0) is 14.8 Å². The summed E-state index contributed by atoms with van der Waals surface area (Å²) in [5.41, 5.74) is 0.323. The molecule has 0 heterocycles. The van der Waals surface area contributed by atoms with Crippen LogP contribution >= 0.6 is 23.2 Å². The summed E-state index contributed by atoms with van der Waals surface area (Å²) in [5.74, 6) is -0.0926. The van der Waals surface area contributed by atoms with Gasteiger partial charge < -0.3 is 5.32 Å². The van der Waals surface area contributed by atoms with Gasteiger partial charge in [0.05, 0.1) is 17.0 Å². The first-order chi connectivity index (χ1) is 10.6. The molecule has 130 valence electrons. The topological polar surface area (TPSA) is 66.5 Å². The molecule has 0 aliphatic rings. The first kappa shape index (κ1) is 20.1. The standard InChI is InChI=1S/C15H22Cl2N2O3S/c1-4-11(2)18-15(20)6-5-9-19(23(3,21)22)14-10-12(16)7-8-13(14)17/h7-8,10-11H,4-6,9H2,1-3H3,(H,18,20)/t11-/m1/s1. The number of anilines is 1. The van der Waals surface area contributed by atoms with Gasteiger partial charge in [0, 0.05) is 24.0 Å². The van der Waals surface area contributed by atoms with Gasteiger partial charge in [-0.2, -0.15) is 0 Å². The lowest BCUT2D eigenvalue weighted by atomic mass is 10.2. The Hall–Kier alpha value is -0.980. The zero-order valence-electron chi connectivity index (χ0n) is 13.5. The van der Waals surface area contributed by atoms with E-state index in [4.69, 9.17) is 23.2 Å². The Morgan fingerprint density at radius 2 is 2.00 bits per heavy atom. The third-order valence-electron chi connectivity index (χ3n) is 3.36. The lowest BCUT2D eigenvalue weighted by Crippen LogP contribution is -2.34. The number of nitrogens with one attached hydrogen (secondary N) is 1. The van der Waals surface area contributed by atoms with Crippen molar-refractivity contribution < 1.29 is 13.2 Å². The van der Waals surface area contributed by atoms with Crippen LogP contribution in [-0.4, -0.2) is 33.2 Å². The smallest absolute Gasteiger partial charge is 0.232 e. The van der Waals surface area contributed by atoms with Crippen LogP contribution in [0.3, 0.4) is 0 Å². The molecule has 23 heavy (non-hydrogen) atoms. The van der Waals surface area contributed by atoms with E-state index in [0.717, 1.165) is 12.7 Å². The van der Waals surface area contributed by atoms with E-state index in [0.29, 0.717) is 22.2 Å². The minimum Gasteiger partial charge on any atom is -0.354 e. The van der Waals surface area contributed by atoms with Gasteiger partial charge in [-0.05, 0) is 38.0 Å². The maximum atomic E-state index is 12.0. The molecular weight excluding hydrogens is 359 g/mol. The van der Waals surface area contributed by atoms with Gasteiger partial charge in [-0.15, -0.1) is 0 Å². The number of hydrogen-bond donors (Lipinski definition) is 1. The third-order valence-corrected chi connectivity index (χ3v) is 5.10. The Bertz CT molecular complexity index is 650. The number of benzene rings is 1. The number of sulfonamides is 1. The number of nitrogens with zero attached hydrogens (tertiary/aromatic N) is 1. The third kappa shape index (κ3) is 6.57. The van der Waals surface area contributed by atoms with E-state index in [1.54, 1.807) is 12.1 Å². The minimum atomic E-state index is -3.52. The van der Waals surface area contributed by atoms with Crippen molar-refractivity contribution in [2.75, 3.05) is 17.1 Å². The van der Waals surface area contributed by atoms with Gasteiger partial charge in [-0.1, -0.05) is 30.1 Å². The first-order valence-electron chi connectivity index (χ1n) is 7.37. The number of rotatable bonds is 8. The largest absolute Gasteiger partial charge is 0.354 e. The van der Waals surface area contributed by atoms with E-state index >= 15 is 0 Å². The molecule has 0 aliphatic carbocycles. The van der Waals surface area contributed by atoms with Crippen LogP contribution in [0.5, 0.6) is 0 Å². The average molecular weight is 381 g/mol. The molecule has 8 heteroatoms. The van der Waals surface area contributed by atoms with Crippen molar-refractivity contribution in [2.24, 2.45) is 0 Å². The average Bonchev–Trinajstić information content (AvgIpc) is 2.45. The highest BCUT2D eigenvalue weighted by Gasteiger charge is 2.20. The van der Waals surface area contributed by atoms with Gasteiger partial charge in [0.15, 0.2) is 0 Å². The number of carbonyl (C=O) groups excluding carboxylic acids is 1. The molecule has 0 aromatic heterocycles. The van der Waals surface area contributed by atoms with Gasteiger partial charge in [0.2, 0.25) is 15.9 Å². The Morgan fingerprint density at radius 1 is 1.35 bits per heavy atom. The molecule has 1 aromatic carbocycles. The fraction of sp³-hybridized carbons (Fsp3) is 0.533. The molecule has 0 unspecified atom stereocenters. The molecule has 1 amide bonds. The van der Waals surface area contributed by atoms with Crippen molar-refractivity contribution in [2.45, 2.75) is 39.2 Å². The normalized spacial score (nSPS) is 12.7. The second-order valence-corrected chi connectivity index (χ2v) is 8.16. The van der Waals surface area contributed by atoms with Crippen molar-refractivity contribution in [3.63, 3.8) is 0 Å². The second-order valence-electron chi connectivity index (χ2n) is 5.41. The Balaban J connectivity index is 2.78. The number of halogens is 2. The van der Waals surface area contributed by atoms with Crippen molar-refractivity contribution in [3.8, 4) is 0 Å². The maximum absolute atomic E-state index is 12.0. The predicted molar refractivity (Wildman–Crippen MR) is 95.8 cm³/mol. The predicted octanol–water partition coefficient (Wildman–Crippen LogP) is 3.45. The summed E-state index contributed by atoms with van der Waals surface area (Å²) in [5, 5.41) is 3.54. The first-order valence-corrected chi connectivity index (χ1v) is 9.97. The Morgan fingerprint density at radius 3 is 2.57 bits per heavy atom. The zero-order chi connectivity index (χ0) is 17.6. The zero-order valence-corrected chi connectivity index (χ0v) is 15.8. The highest BCUT2D eigenvalue weighted by molar-refractivity contribution is 7.92. The second kappa shape index (κ2) is 8.76. The van der Waals surface area contributed by atoms with Crippen LogP contribution in [0.2, 0.25) is 10.0 Å². The van der Waals surface area contributed by atoms with E-state index in [-0.39, 0.29) is 24.9 Å². The van der Waals surface area contributed by atoms with Crippen molar-refractivity contribution in [1.82, 2.24) is 5.32 Å². The summed E-state index contributed by atoms with van der Waals surface area (Å²) in [4.78, 5) is 11.8. The summed E-state index contributed by atoms with van der Waals surface area (Å²) in [6.45, 7) is 4.07. The van der Waals surface area contributed by atoms with Gasteiger partial charge >= 0.3 is 0 Å². The molecule has 0 spiro atoms. The van der Waals surface area contributed by atoms with E-state index in [9.17, 15) is 13.2 Å². The summed E-state index contributed by atoms with van der Waals surface area (Å²) in [6.07, 6.45) is 2.58. The van der Waals surface area contributed by atoms with Crippen LogP contribution in [0, 0.1) is 0 Å². The van der Waals surface area contributed by atoms with Crippen LogP contribution in [0.4, 0.5) is 5.69 Å². The summed E-state index contributed by atoms with van der Waals surface area (Å²) < 4.78 is 25.2. The molecule has 1 aromatic rings. The molecule has 0 radical (unpaired) electrons. The van der Waals surface area contributed by atoms with Crippen LogP contribution in [0.1, 0.15) is 33.1 Å². The Labute approximate surface area is 148 Å². The number of carbonyl (C=O) groups is 1. The molecule has 0 aliphatic heterocycles. The molecule has 1 N–H and O–H groups in total. The molecular formula is C15H22Cl2N2O3S. The molecule has 0 bridgehead atoms. The quantitative estimate of drug-likeness (QED) is 0.750. The summed E-state index contributed by atoms with van der Waals surface area (Å²) >= 11 is 12.0. The van der Waals surface area contributed by atoms with Gasteiger partial charge in [0.25, 0.3) is 0 Å². The van der Waals surface area contributed by atoms with E-state index in [1.165, 1.54) is 10.4 Å². The van der Waals surface area contributed by atoms with Crippen molar-refractivity contribution in [1.29, 1.82) is 0 Å². The fourth-order valence-electron chi connectivity index (χ4n) is 1.97. The lowest BCUT2D eigenvalue weighted by Gasteiger charge is -2.23. The van der Waals surface area contributed by atoms with Gasteiger partial charge in [-0.3, -0.25) is 9.10 Å². The molecule has 1 rings (SSSR count). The van der Waals surface area contributed by atoms with E-state index < -0.39 is 10.0 Å². The summed E-state index contributed by atoms with van der Waals surface area (Å²) in [7, 11) is -3.52. The van der Waals surface area contributed by atoms with Crippen molar-refractivity contribution >= 4 is 44.8 Å². The van der Waals surface area contributed by atoms with Crippen LogP contribution in [0.15, 0.2) is 18.2 Å². The monoisotopic (exact) mass is 380 g/mol. The van der Waals surface area contributed by atoms with Gasteiger partial charge in [0.1, 0.15) is 0 Å². The minimum absolute atomic E-state index is 0.0926. The molecule has 0 saturated carbocycles. The molecule has 0 fully saturated rings. The van der Waals surface area contributed by atoms with Gasteiger partial charge in [-0.25, -0.2) is 8.42 Å². The van der Waals surface area contributed by atoms with Crippen LogP contribution in [0.25, 0.3) is 0 Å².